The van der Waals surface area contributed by atoms with E-state index >= 15 is 0 Å². The number of rotatable bonds is 4. The predicted octanol–water partition coefficient (Wildman–Crippen LogP) is 3.44. The first kappa shape index (κ1) is 16.9. The van der Waals surface area contributed by atoms with Crippen LogP contribution in [-0.4, -0.2) is 39.4 Å². The molecule has 0 bridgehead atoms. The lowest BCUT2D eigenvalue weighted by Crippen LogP contribution is -2.29. The number of phenols is 1. The fourth-order valence-corrected chi connectivity index (χ4v) is 3.83. The minimum atomic E-state index is 0.333. The van der Waals surface area contributed by atoms with Crippen LogP contribution in [0, 0.1) is 0 Å². The van der Waals surface area contributed by atoms with Gasteiger partial charge in [0.25, 0.3) is 0 Å². The van der Waals surface area contributed by atoms with Gasteiger partial charge in [-0.3, -0.25) is 4.68 Å². The Kier molecular flexibility index (Phi) is 4.76. The molecule has 1 aliphatic heterocycles. The van der Waals surface area contributed by atoms with E-state index in [1.807, 2.05) is 12.1 Å². The molecule has 0 saturated carbocycles. The SMILES string of the molecule is Cn1nc(-c2ccccc2)c2c1CCN(CCc1ccc(O)cc1)CC2. The topological polar surface area (TPSA) is 41.3 Å². The normalized spacial score (nSPS) is 14.8. The third-order valence-corrected chi connectivity index (χ3v) is 5.32. The van der Waals surface area contributed by atoms with Crippen molar-refractivity contribution in [3.8, 4) is 17.0 Å². The number of aromatic nitrogens is 2. The van der Waals surface area contributed by atoms with E-state index in [0.29, 0.717) is 5.75 Å². The van der Waals surface area contributed by atoms with Crippen molar-refractivity contribution in [2.45, 2.75) is 19.3 Å². The summed E-state index contributed by atoms with van der Waals surface area (Å²) in [5, 5.41) is 14.2. The van der Waals surface area contributed by atoms with E-state index in [1.54, 1.807) is 12.1 Å². The molecule has 1 N–H and O–H groups in total. The summed E-state index contributed by atoms with van der Waals surface area (Å²) in [4.78, 5) is 2.54. The summed E-state index contributed by atoms with van der Waals surface area (Å²) >= 11 is 0. The van der Waals surface area contributed by atoms with Crippen LogP contribution < -0.4 is 0 Å². The van der Waals surface area contributed by atoms with Gasteiger partial charge >= 0.3 is 0 Å². The molecule has 0 amide bonds. The number of benzene rings is 2. The van der Waals surface area contributed by atoms with Gasteiger partial charge in [0.15, 0.2) is 0 Å². The van der Waals surface area contributed by atoms with Gasteiger partial charge in [0, 0.05) is 49.9 Å². The average molecular weight is 347 g/mol. The molecule has 0 fully saturated rings. The largest absolute Gasteiger partial charge is 0.508 e. The fraction of sp³-hybridized carbons (Fsp3) is 0.318. The molecule has 0 aliphatic carbocycles. The maximum Gasteiger partial charge on any atom is 0.115 e. The van der Waals surface area contributed by atoms with Crippen LogP contribution in [0.4, 0.5) is 0 Å². The van der Waals surface area contributed by atoms with Gasteiger partial charge < -0.3 is 10.0 Å². The van der Waals surface area contributed by atoms with Crippen LogP contribution in [0.5, 0.6) is 5.75 Å². The van der Waals surface area contributed by atoms with Crippen molar-refractivity contribution in [1.82, 2.24) is 14.7 Å². The van der Waals surface area contributed by atoms with Gasteiger partial charge in [0.1, 0.15) is 5.75 Å². The molecule has 0 saturated heterocycles. The maximum atomic E-state index is 9.41. The standard InChI is InChI=1S/C22H25N3O/c1-24-21-13-16-25(14-11-17-7-9-19(26)10-8-17)15-12-20(21)22(23-24)18-5-3-2-4-6-18/h2-10,26H,11-16H2,1H3. The number of fused-ring (bicyclic) bond motifs is 1. The molecule has 1 aromatic heterocycles. The first-order chi connectivity index (χ1) is 12.7. The molecule has 0 atom stereocenters. The van der Waals surface area contributed by atoms with Gasteiger partial charge in [-0.1, -0.05) is 42.5 Å². The van der Waals surface area contributed by atoms with Crippen LogP contribution in [0.1, 0.15) is 16.8 Å². The third-order valence-electron chi connectivity index (χ3n) is 5.32. The van der Waals surface area contributed by atoms with E-state index < -0.39 is 0 Å². The molecule has 1 aliphatic rings. The molecule has 2 heterocycles. The summed E-state index contributed by atoms with van der Waals surface area (Å²) in [7, 11) is 2.07. The summed E-state index contributed by atoms with van der Waals surface area (Å²) < 4.78 is 2.07. The second-order valence-corrected chi connectivity index (χ2v) is 7.02. The summed E-state index contributed by atoms with van der Waals surface area (Å²) in [5.74, 6) is 0.333. The highest BCUT2D eigenvalue weighted by atomic mass is 16.3. The minimum Gasteiger partial charge on any atom is -0.508 e. The predicted molar refractivity (Wildman–Crippen MR) is 104 cm³/mol. The zero-order valence-electron chi connectivity index (χ0n) is 15.2. The summed E-state index contributed by atoms with van der Waals surface area (Å²) in [6, 6.07) is 18.1. The zero-order chi connectivity index (χ0) is 17.9. The Morgan fingerprint density at radius 1 is 0.962 bits per heavy atom. The Morgan fingerprint density at radius 2 is 1.69 bits per heavy atom. The lowest BCUT2D eigenvalue weighted by molar-refractivity contribution is 0.289. The summed E-state index contributed by atoms with van der Waals surface area (Å²) in [6.45, 7) is 3.18. The molecular formula is C22H25N3O. The molecule has 0 radical (unpaired) electrons. The molecule has 3 aromatic rings. The second kappa shape index (κ2) is 7.34. The van der Waals surface area contributed by atoms with Crippen LogP contribution >= 0.6 is 0 Å². The van der Waals surface area contributed by atoms with Crippen molar-refractivity contribution in [2.24, 2.45) is 7.05 Å². The van der Waals surface area contributed by atoms with Crippen LogP contribution in [0.15, 0.2) is 54.6 Å². The van der Waals surface area contributed by atoms with Crippen molar-refractivity contribution >= 4 is 0 Å². The highest BCUT2D eigenvalue weighted by molar-refractivity contribution is 5.64. The zero-order valence-corrected chi connectivity index (χ0v) is 15.2. The van der Waals surface area contributed by atoms with Crippen LogP contribution in [0.25, 0.3) is 11.3 Å². The van der Waals surface area contributed by atoms with E-state index in [9.17, 15) is 5.11 Å². The van der Waals surface area contributed by atoms with Crippen molar-refractivity contribution < 1.29 is 5.11 Å². The lowest BCUT2D eigenvalue weighted by atomic mass is 10.0. The molecule has 134 valence electrons. The van der Waals surface area contributed by atoms with Gasteiger partial charge in [-0.05, 0) is 30.5 Å². The van der Waals surface area contributed by atoms with Crippen molar-refractivity contribution in [1.29, 1.82) is 0 Å². The maximum absolute atomic E-state index is 9.41. The Bertz CT molecular complexity index is 868. The fourth-order valence-electron chi connectivity index (χ4n) is 3.83. The van der Waals surface area contributed by atoms with E-state index in [1.165, 1.54) is 22.4 Å². The number of nitrogens with zero attached hydrogens (tertiary/aromatic N) is 3. The van der Waals surface area contributed by atoms with E-state index in [0.717, 1.165) is 44.6 Å². The summed E-state index contributed by atoms with van der Waals surface area (Å²) in [5.41, 5.74) is 6.41. The average Bonchev–Trinajstić information content (AvgIpc) is 2.85. The first-order valence-corrected chi connectivity index (χ1v) is 9.31. The molecule has 4 heteroatoms. The molecule has 4 nitrogen and oxygen atoms in total. The van der Waals surface area contributed by atoms with E-state index in [-0.39, 0.29) is 0 Å². The lowest BCUT2D eigenvalue weighted by Gasteiger charge is -2.19. The Labute approximate surface area is 154 Å². The Balaban J connectivity index is 1.46. The molecular weight excluding hydrogens is 322 g/mol. The highest BCUT2D eigenvalue weighted by Crippen LogP contribution is 2.28. The van der Waals surface area contributed by atoms with Crippen LogP contribution in [0.2, 0.25) is 0 Å². The number of aromatic hydroxyl groups is 1. The third kappa shape index (κ3) is 3.51. The Morgan fingerprint density at radius 3 is 2.46 bits per heavy atom. The minimum absolute atomic E-state index is 0.333. The van der Waals surface area contributed by atoms with Gasteiger partial charge in [0.05, 0.1) is 5.69 Å². The number of aryl methyl sites for hydroxylation is 1. The second-order valence-electron chi connectivity index (χ2n) is 7.02. The quantitative estimate of drug-likeness (QED) is 0.786. The molecule has 4 rings (SSSR count). The number of phenolic OH excluding ortho intramolecular Hbond substituents is 1. The van der Waals surface area contributed by atoms with Crippen molar-refractivity contribution in [3.63, 3.8) is 0 Å². The van der Waals surface area contributed by atoms with Crippen LogP contribution in [-0.2, 0) is 26.3 Å². The number of hydrogen-bond acceptors (Lipinski definition) is 3. The van der Waals surface area contributed by atoms with Gasteiger partial charge in [-0.2, -0.15) is 5.10 Å². The van der Waals surface area contributed by atoms with Crippen LogP contribution in [0.3, 0.4) is 0 Å². The van der Waals surface area contributed by atoms with Gasteiger partial charge in [-0.15, -0.1) is 0 Å². The highest BCUT2D eigenvalue weighted by Gasteiger charge is 2.21. The first-order valence-electron chi connectivity index (χ1n) is 9.31. The van der Waals surface area contributed by atoms with Crippen molar-refractivity contribution in [2.75, 3.05) is 19.6 Å². The van der Waals surface area contributed by atoms with Gasteiger partial charge in [0.2, 0.25) is 0 Å². The smallest absolute Gasteiger partial charge is 0.115 e. The van der Waals surface area contributed by atoms with Gasteiger partial charge in [-0.25, -0.2) is 0 Å². The van der Waals surface area contributed by atoms with E-state index in [4.69, 9.17) is 5.10 Å². The summed E-state index contributed by atoms with van der Waals surface area (Å²) in [6.07, 6.45) is 3.10. The monoisotopic (exact) mass is 347 g/mol. The van der Waals surface area contributed by atoms with Crippen molar-refractivity contribution in [3.05, 3.63) is 71.4 Å². The molecule has 26 heavy (non-hydrogen) atoms. The Hall–Kier alpha value is -2.59. The van der Waals surface area contributed by atoms with E-state index in [2.05, 4.69) is 47.0 Å². The molecule has 2 aromatic carbocycles. The molecule has 0 unspecified atom stereocenters. The molecule has 0 spiro atoms. The number of hydrogen-bond donors (Lipinski definition) is 1.